The van der Waals surface area contributed by atoms with Crippen LogP contribution in [0.3, 0.4) is 0 Å². The molecule has 4 nitrogen and oxygen atoms in total. The van der Waals surface area contributed by atoms with E-state index in [9.17, 15) is 0 Å². The van der Waals surface area contributed by atoms with E-state index in [1.807, 2.05) is 19.1 Å². The second-order valence-corrected chi connectivity index (χ2v) is 3.94. The quantitative estimate of drug-likeness (QED) is 0.828. The fourth-order valence-electron chi connectivity index (χ4n) is 1.56. The summed E-state index contributed by atoms with van der Waals surface area (Å²) in [5.41, 5.74) is 0.905. The minimum absolute atomic E-state index is 0.326. The molecule has 0 heterocycles. The lowest BCUT2D eigenvalue weighted by atomic mass is 10.2. The van der Waals surface area contributed by atoms with Gasteiger partial charge in [-0.2, -0.15) is 0 Å². The molecule has 0 aliphatic rings. The largest absolute Gasteiger partial charge is 0.494 e. The number of hydrogen-bond acceptors (Lipinski definition) is 4. The summed E-state index contributed by atoms with van der Waals surface area (Å²) in [6.45, 7) is 6.67. The monoisotopic (exact) mass is 239 g/mol. The van der Waals surface area contributed by atoms with Gasteiger partial charge in [-0.15, -0.1) is 0 Å². The second kappa shape index (κ2) is 6.23. The highest BCUT2D eigenvalue weighted by molar-refractivity contribution is 5.64. The van der Waals surface area contributed by atoms with Crippen LogP contribution in [0.15, 0.2) is 12.1 Å². The summed E-state index contributed by atoms with van der Waals surface area (Å²) < 4.78 is 16.1. The molecule has 96 valence electrons. The number of methoxy groups -OCH3 is 2. The molecule has 4 heteroatoms. The van der Waals surface area contributed by atoms with Crippen LogP contribution in [0.1, 0.15) is 20.8 Å². The molecular weight excluding hydrogens is 218 g/mol. The summed E-state index contributed by atoms with van der Waals surface area (Å²) in [6, 6.07) is 4.06. The van der Waals surface area contributed by atoms with Crippen LogP contribution in [0.25, 0.3) is 0 Å². The van der Waals surface area contributed by atoms with Crippen molar-refractivity contribution >= 4 is 5.69 Å². The lowest BCUT2D eigenvalue weighted by molar-refractivity contribution is 0.308. The molecule has 0 fully saturated rings. The first-order valence-corrected chi connectivity index (χ1v) is 5.77. The maximum Gasteiger partial charge on any atom is 0.164 e. The Bertz CT molecular complexity index is 364. The molecule has 0 radical (unpaired) electrons. The molecule has 0 aromatic heterocycles. The average molecular weight is 239 g/mol. The molecule has 0 amide bonds. The first kappa shape index (κ1) is 13.5. The number of nitrogens with one attached hydrogen (secondary N) is 1. The Kier molecular flexibility index (Phi) is 4.94. The van der Waals surface area contributed by atoms with Gasteiger partial charge >= 0.3 is 0 Å². The molecular formula is C13H21NO3. The van der Waals surface area contributed by atoms with Gasteiger partial charge in [-0.05, 0) is 20.8 Å². The summed E-state index contributed by atoms with van der Waals surface area (Å²) in [7, 11) is 3.27. The lowest BCUT2D eigenvalue weighted by Crippen LogP contribution is -2.11. The second-order valence-electron chi connectivity index (χ2n) is 3.94. The van der Waals surface area contributed by atoms with Crippen molar-refractivity contribution in [2.45, 2.75) is 26.8 Å². The van der Waals surface area contributed by atoms with Crippen molar-refractivity contribution in [2.24, 2.45) is 0 Å². The van der Waals surface area contributed by atoms with Crippen molar-refractivity contribution in [2.75, 3.05) is 26.1 Å². The molecule has 1 aromatic rings. The van der Waals surface area contributed by atoms with E-state index in [0.29, 0.717) is 24.1 Å². The summed E-state index contributed by atoms with van der Waals surface area (Å²) in [6.07, 6.45) is 0. The maximum absolute atomic E-state index is 5.50. The number of anilines is 1. The molecule has 0 aliphatic heterocycles. The van der Waals surface area contributed by atoms with Crippen LogP contribution in [0.4, 0.5) is 5.69 Å². The smallest absolute Gasteiger partial charge is 0.164 e. The summed E-state index contributed by atoms with van der Waals surface area (Å²) in [5, 5.41) is 3.31. The highest BCUT2D eigenvalue weighted by Gasteiger charge is 2.12. The molecule has 17 heavy (non-hydrogen) atoms. The Morgan fingerprint density at radius 2 is 1.71 bits per heavy atom. The standard InChI is InChI=1S/C13H21NO3/c1-6-17-13-8-11(15-4)10(14-9(2)3)7-12(13)16-5/h7-9,14H,6H2,1-5H3. The Labute approximate surface area is 103 Å². The summed E-state index contributed by atoms with van der Waals surface area (Å²) >= 11 is 0. The third-order valence-electron chi connectivity index (χ3n) is 2.23. The van der Waals surface area contributed by atoms with Crippen LogP contribution < -0.4 is 19.5 Å². The van der Waals surface area contributed by atoms with E-state index in [4.69, 9.17) is 14.2 Å². The SMILES string of the molecule is CCOc1cc(OC)c(NC(C)C)cc1OC. The molecule has 1 aromatic carbocycles. The van der Waals surface area contributed by atoms with Gasteiger partial charge in [0.1, 0.15) is 5.75 Å². The molecule has 1 rings (SSSR count). The topological polar surface area (TPSA) is 39.7 Å². The van der Waals surface area contributed by atoms with Crippen molar-refractivity contribution in [3.8, 4) is 17.2 Å². The van der Waals surface area contributed by atoms with Gasteiger partial charge in [-0.25, -0.2) is 0 Å². The summed E-state index contributed by atoms with van der Waals surface area (Å²) in [5.74, 6) is 2.15. The minimum atomic E-state index is 0.326. The van der Waals surface area contributed by atoms with Gasteiger partial charge in [0, 0.05) is 18.2 Å². The van der Waals surface area contributed by atoms with Gasteiger partial charge in [0.25, 0.3) is 0 Å². The van der Waals surface area contributed by atoms with Crippen LogP contribution in [-0.2, 0) is 0 Å². The predicted molar refractivity (Wildman–Crippen MR) is 69.5 cm³/mol. The van der Waals surface area contributed by atoms with Crippen LogP contribution in [0.2, 0.25) is 0 Å². The average Bonchev–Trinajstić information content (AvgIpc) is 2.30. The third kappa shape index (κ3) is 3.44. The van der Waals surface area contributed by atoms with Crippen molar-refractivity contribution in [1.82, 2.24) is 0 Å². The zero-order chi connectivity index (χ0) is 12.8. The molecule has 0 saturated heterocycles. The predicted octanol–water partition coefficient (Wildman–Crippen LogP) is 2.92. The van der Waals surface area contributed by atoms with Crippen LogP contribution in [-0.4, -0.2) is 26.9 Å². The number of benzene rings is 1. The molecule has 0 aliphatic carbocycles. The van der Waals surface area contributed by atoms with Gasteiger partial charge in [-0.3, -0.25) is 0 Å². The van der Waals surface area contributed by atoms with Crippen molar-refractivity contribution < 1.29 is 14.2 Å². The van der Waals surface area contributed by atoms with E-state index in [1.54, 1.807) is 14.2 Å². The molecule has 0 unspecified atom stereocenters. The van der Waals surface area contributed by atoms with Gasteiger partial charge in [-0.1, -0.05) is 0 Å². The maximum atomic E-state index is 5.50. The van der Waals surface area contributed by atoms with E-state index in [-0.39, 0.29) is 0 Å². The highest BCUT2D eigenvalue weighted by Crippen LogP contribution is 2.38. The van der Waals surface area contributed by atoms with Gasteiger partial charge in [0.2, 0.25) is 0 Å². The Balaban J connectivity index is 3.12. The van der Waals surface area contributed by atoms with Gasteiger partial charge in [0.15, 0.2) is 11.5 Å². The fourth-order valence-corrected chi connectivity index (χ4v) is 1.56. The van der Waals surface area contributed by atoms with Crippen LogP contribution in [0, 0.1) is 0 Å². The van der Waals surface area contributed by atoms with Gasteiger partial charge in [0.05, 0.1) is 26.5 Å². The van der Waals surface area contributed by atoms with E-state index >= 15 is 0 Å². The number of hydrogen-bond donors (Lipinski definition) is 1. The lowest BCUT2D eigenvalue weighted by Gasteiger charge is -2.17. The summed E-state index contributed by atoms with van der Waals surface area (Å²) in [4.78, 5) is 0. The molecule has 0 bridgehead atoms. The minimum Gasteiger partial charge on any atom is -0.494 e. The number of rotatable bonds is 6. The van der Waals surface area contributed by atoms with E-state index < -0.39 is 0 Å². The highest BCUT2D eigenvalue weighted by atomic mass is 16.5. The normalized spacial score (nSPS) is 10.2. The van der Waals surface area contributed by atoms with Crippen LogP contribution in [0.5, 0.6) is 17.2 Å². The molecule has 0 spiro atoms. The van der Waals surface area contributed by atoms with Crippen molar-refractivity contribution in [3.63, 3.8) is 0 Å². The van der Waals surface area contributed by atoms with E-state index in [0.717, 1.165) is 11.4 Å². The van der Waals surface area contributed by atoms with Crippen molar-refractivity contribution in [3.05, 3.63) is 12.1 Å². The fraction of sp³-hybridized carbons (Fsp3) is 0.538. The van der Waals surface area contributed by atoms with Crippen LogP contribution >= 0.6 is 0 Å². The zero-order valence-corrected chi connectivity index (χ0v) is 11.2. The van der Waals surface area contributed by atoms with E-state index in [2.05, 4.69) is 19.2 Å². The Hall–Kier alpha value is -1.58. The van der Waals surface area contributed by atoms with Gasteiger partial charge < -0.3 is 19.5 Å². The molecule has 0 atom stereocenters. The molecule has 0 saturated carbocycles. The first-order valence-electron chi connectivity index (χ1n) is 5.77. The zero-order valence-electron chi connectivity index (χ0n) is 11.2. The first-order chi connectivity index (χ1) is 8.12. The third-order valence-corrected chi connectivity index (χ3v) is 2.23. The number of ether oxygens (including phenoxy) is 3. The molecule has 1 N–H and O–H groups in total. The Morgan fingerprint density at radius 1 is 1.06 bits per heavy atom. The van der Waals surface area contributed by atoms with Crippen molar-refractivity contribution in [1.29, 1.82) is 0 Å². The van der Waals surface area contributed by atoms with E-state index in [1.165, 1.54) is 0 Å². The Morgan fingerprint density at radius 3 is 2.18 bits per heavy atom.